The molecular weight excluding hydrogens is 371 g/mol. The maximum absolute atomic E-state index is 10.6. The van der Waals surface area contributed by atoms with Crippen molar-refractivity contribution in [2.75, 3.05) is 6.54 Å². The number of hydrogen-bond donors (Lipinski definition) is 2. The van der Waals surface area contributed by atoms with E-state index in [2.05, 4.69) is 62.5 Å². The second-order valence-corrected chi connectivity index (χ2v) is 6.61. The van der Waals surface area contributed by atoms with Crippen LogP contribution >= 0.6 is 0 Å². The van der Waals surface area contributed by atoms with Gasteiger partial charge in [0.15, 0.2) is 0 Å². The molecule has 0 spiro atoms. The van der Waals surface area contributed by atoms with Gasteiger partial charge in [-0.2, -0.15) is 18.3 Å². The molecule has 0 aliphatic heterocycles. The normalized spacial score (nSPS) is 11.1. The lowest BCUT2D eigenvalue weighted by Crippen LogP contribution is -2.21. The second kappa shape index (κ2) is 10.8. The Balaban J connectivity index is 0.000000480. The van der Waals surface area contributed by atoms with E-state index in [4.69, 9.17) is 9.90 Å². The minimum absolute atomic E-state index is 0.915. The van der Waals surface area contributed by atoms with Crippen LogP contribution in [0.15, 0.2) is 24.4 Å². The number of carbonyl (C=O) groups is 1. The zero-order valence-electron chi connectivity index (χ0n) is 16.7. The summed E-state index contributed by atoms with van der Waals surface area (Å²) in [6.07, 6.45) is -0.621. The summed E-state index contributed by atoms with van der Waals surface area (Å²) >= 11 is 0. The molecule has 5 nitrogen and oxygen atoms in total. The van der Waals surface area contributed by atoms with E-state index in [1.54, 1.807) is 0 Å². The second-order valence-electron chi connectivity index (χ2n) is 6.61. The zero-order chi connectivity index (χ0) is 21.3. The van der Waals surface area contributed by atoms with Gasteiger partial charge in [0, 0.05) is 24.8 Å². The summed E-state index contributed by atoms with van der Waals surface area (Å²) in [5, 5.41) is 15.1. The predicted octanol–water partition coefficient (Wildman–Crippen LogP) is 4.18. The molecule has 0 unspecified atom stereocenters. The Morgan fingerprint density at radius 3 is 2.36 bits per heavy atom. The first-order valence-electron chi connectivity index (χ1n) is 9.14. The van der Waals surface area contributed by atoms with Gasteiger partial charge in [-0.1, -0.05) is 23.8 Å². The maximum Gasteiger partial charge on any atom is 0.490 e. The van der Waals surface area contributed by atoms with Gasteiger partial charge >= 0.3 is 12.1 Å². The third-order valence-corrected chi connectivity index (χ3v) is 4.23. The van der Waals surface area contributed by atoms with E-state index in [1.807, 2.05) is 4.68 Å². The van der Waals surface area contributed by atoms with Crippen LogP contribution in [-0.2, 0) is 24.3 Å². The minimum Gasteiger partial charge on any atom is -0.475 e. The number of hydrogen-bond acceptors (Lipinski definition) is 3. The molecule has 0 bridgehead atoms. The van der Waals surface area contributed by atoms with Gasteiger partial charge < -0.3 is 10.4 Å². The van der Waals surface area contributed by atoms with Crippen LogP contribution in [0.3, 0.4) is 0 Å². The van der Waals surface area contributed by atoms with Crippen LogP contribution < -0.4 is 5.32 Å². The number of carboxylic acid groups (broad SMARTS) is 1. The largest absolute Gasteiger partial charge is 0.490 e. The quantitative estimate of drug-likeness (QED) is 0.686. The third kappa shape index (κ3) is 8.12. The molecule has 2 aromatic rings. The fourth-order valence-corrected chi connectivity index (χ4v) is 2.65. The smallest absolute Gasteiger partial charge is 0.475 e. The van der Waals surface area contributed by atoms with Gasteiger partial charge in [-0.15, -0.1) is 0 Å². The SMILES string of the molecule is CCn1cc(CNCCCc2ccc(C)cc2C)c(C)n1.O=C(O)C(F)(F)F. The van der Waals surface area contributed by atoms with E-state index >= 15 is 0 Å². The van der Waals surface area contributed by atoms with Crippen molar-refractivity contribution in [3.63, 3.8) is 0 Å². The van der Waals surface area contributed by atoms with Gasteiger partial charge in [0.05, 0.1) is 5.69 Å². The Bertz CT molecular complexity index is 771. The molecule has 0 aliphatic rings. The van der Waals surface area contributed by atoms with Gasteiger partial charge in [0.1, 0.15) is 0 Å². The fourth-order valence-electron chi connectivity index (χ4n) is 2.65. The van der Waals surface area contributed by atoms with E-state index in [9.17, 15) is 13.2 Å². The highest BCUT2D eigenvalue weighted by Gasteiger charge is 2.38. The average Bonchev–Trinajstić information content (AvgIpc) is 2.96. The monoisotopic (exact) mass is 399 g/mol. The lowest BCUT2D eigenvalue weighted by atomic mass is 10.0. The van der Waals surface area contributed by atoms with Crippen molar-refractivity contribution in [1.82, 2.24) is 15.1 Å². The number of nitrogens with one attached hydrogen (secondary N) is 1. The molecule has 1 heterocycles. The number of alkyl halides is 3. The Morgan fingerprint density at radius 1 is 1.21 bits per heavy atom. The van der Waals surface area contributed by atoms with E-state index in [1.165, 1.54) is 28.7 Å². The van der Waals surface area contributed by atoms with Gasteiger partial charge in [-0.3, -0.25) is 4.68 Å². The Labute approximate surface area is 163 Å². The van der Waals surface area contributed by atoms with E-state index < -0.39 is 12.1 Å². The van der Waals surface area contributed by atoms with Crippen LogP contribution in [0.1, 0.15) is 41.3 Å². The molecule has 1 aromatic carbocycles. The number of halogens is 3. The Hall–Kier alpha value is -2.35. The summed E-state index contributed by atoms with van der Waals surface area (Å²) in [6, 6.07) is 6.74. The first-order chi connectivity index (χ1) is 13.0. The number of carboxylic acids is 1. The fraction of sp³-hybridized carbons (Fsp3) is 0.500. The van der Waals surface area contributed by atoms with E-state index in [-0.39, 0.29) is 0 Å². The van der Waals surface area contributed by atoms with Crippen molar-refractivity contribution in [3.05, 3.63) is 52.3 Å². The number of rotatable bonds is 7. The average molecular weight is 399 g/mol. The van der Waals surface area contributed by atoms with Gasteiger partial charge in [-0.05, 0) is 58.2 Å². The zero-order valence-corrected chi connectivity index (χ0v) is 16.7. The van der Waals surface area contributed by atoms with Crippen molar-refractivity contribution in [2.24, 2.45) is 0 Å². The third-order valence-electron chi connectivity index (χ3n) is 4.23. The van der Waals surface area contributed by atoms with Gasteiger partial charge in [0.2, 0.25) is 0 Å². The van der Waals surface area contributed by atoms with Gasteiger partial charge in [-0.25, -0.2) is 4.79 Å². The predicted molar refractivity (Wildman–Crippen MR) is 102 cm³/mol. The highest BCUT2D eigenvalue weighted by molar-refractivity contribution is 5.73. The lowest BCUT2D eigenvalue weighted by molar-refractivity contribution is -0.192. The molecule has 0 saturated carbocycles. The van der Waals surface area contributed by atoms with Crippen LogP contribution in [-0.4, -0.2) is 33.6 Å². The molecule has 0 radical (unpaired) electrons. The van der Waals surface area contributed by atoms with Crippen molar-refractivity contribution in [1.29, 1.82) is 0 Å². The molecule has 28 heavy (non-hydrogen) atoms. The Kier molecular flexibility index (Phi) is 9.18. The van der Waals surface area contributed by atoms with Crippen LogP contribution in [0.25, 0.3) is 0 Å². The summed E-state index contributed by atoms with van der Waals surface area (Å²) in [7, 11) is 0. The van der Waals surface area contributed by atoms with Crippen molar-refractivity contribution in [3.8, 4) is 0 Å². The molecule has 0 fully saturated rings. The summed E-state index contributed by atoms with van der Waals surface area (Å²) in [4.78, 5) is 8.90. The van der Waals surface area contributed by atoms with Crippen LogP contribution in [0.5, 0.6) is 0 Å². The molecular formula is C20H28F3N3O2. The lowest BCUT2D eigenvalue weighted by Gasteiger charge is -2.07. The van der Waals surface area contributed by atoms with Crippen molar-refractivity contribution < 1.29 is 23.1 Å². The minimum atomic E-state index is -5.08. The van der Waals surface area contributed by atoms with Crippen LogP contribution in [0.2, 0.25) is 0 Å². The van der Waals surface area contributed by atoms with Crippen molar-refractivity contribution in [2.45, 2.75) is 59.8 Å². The standard InChI is InChI=1S/C18H27N3.C2HF3O2/c1-5-21-13-18(16(4)20-21)12-19-10-6-7-17-9-8-14(2)11-15(17)3;3-2(4,5)1(6)7/h8-9,11,13,19H,5-7,10,12H2,1-4H3;(H,6,7). The molecule has 2 rings (SSSR count). The first kappa shape index (κ1) is 23.7. The Morgan fingerprint density at radius 2 is 1.86 bits per heavy atom. The van der Waals surface area contributed by atoms with Gasteiger partial charge in [0.25, 0.3) is 0 Å². The van der Waals surface area contributed by atoms with Crippen molar-refractivity contribution >= 4 is 5.97 Å². The number of benzene rings is 1. The maximum atomic E-state index is 10.6. The highest BCUT2D eigenvalue weighted by atomic mass is 19.4. The number of nitrogens with zero attached hydrogens (tertiary/aromatic N) is 2. The van der Waals surface area contributed by atoms with E-state index in [0.29, 0.717) is 0 Å². The molecule has 0 saturated heterocycles. The molecule has 0 aliphatic carbocycles. The molecule has 156 valence electrons. The number of aliphatic carboxylic acids is 1. The van der Waals surface area contributed by atoms with E-state index in [0.717, 1.165) is 31.7 Å². The molecule has 0 atom stereocenters. The summed E-state index contributed by atoms with van der Waals surface area (Å²) in [5.74, 6) is -2.76. The summed E-state index contributed by atoms with van der Waals surface area (Å²) < 4.78 is 33.7. The highest BCUT2D eigenvalue weighted by Crippen LogP contribution is 2.13. The first-order valence-corrected chi connectivity index (χ1v) is 9.14. The molecule has 0 amide bonds. The number of aromatic nitrogens is 2. The molecule has 8 heteroatoms. The molecule has 2 N–H and O–H groups in total. The molecule has 1 aromatic heterocycles. The number of aryl methyl sites for hydroxylation is 5. The topological polar surface area (TPSA) is 67.2 Å². The summed E-state index contributed by atoms with van der Waals surface area (Å²) in [5.41, 5.74) is 6.67. The van der Waals surface area contributed by atoms with Crippen LogP contribution in [0.4, 0.5) is 13.2 Å². The summed E-state index contributed by atoms with van der Waals surface area (Å²) in [6.45, 7) is 11.5. The van der Waals surface area contributed by atoms with Crippen LogP contribution in [0, 0.1) is 20.8 Å².